The van der Waals surface area contributed by atoms with Crippen LogP contribution in [0.5, 0.6) is 0 Å². The third kappa shape index (κ3) is 4.43. The number of piperazine rings is 1. The van der Waals surface area contributed by atoms with Crippen LogP contribution in [0.2, 0.25) is 0 Å². The average Bonchev–Trinajstić information content (AvgIpc) is 2.72. The Bertz CT molecular complexity index is 342. The van der Waals surface area contributed by atoms with Gasteiger partial charge in [0.15, 0.2) is 0 Å². The summed E-state index contributed by atoms with van der Waals surface area (Å²) in [6.07, 6.45) is 3.33. The van der Waals surface area contributed by atoms with Crippen molar-refractivity contribution < 1.29 is 4.74 Å². The number of nitrogens with one attached hydrogen (secondary N) is 1. The molecule has 0 radical (unpaired) electrons. The maximum Gasteiger partial charge on any atom is 0.0706 e. The first-order valence-corrected chi connectivity index (χ1v) is 8.70. The Hall–Kier alpha value is -0.120. The molecule has 0 aromatic rings. The van der Waals surface area contributed by atoms with Crippen molar-refractivity contribution in [2.75, 3.05) is 19.6 Å². The van der Waals surface area contributed by atoms with Gasteiger partial charge in [0, 0.05) is 31.7 Å². The third-order valence-corrected chi connectivity index (χ3v) is 5.22. The molecule has 3 nitrogen and oxygen atoms in total. The summed E-state index contributed by atoms with van der Waals surface area (Å²) in [4.78, 5) is 2.70. The predicted octanol–water partition coefficient (Wildman–Crippen LogP) is 3.29. The van der Waals surface area contributed by atoms with Crippen molar-refractivity contribution >= 4 is 0 Å². The van der Waals surface area contributed by atoms with Crippen molar-refractivity contribution in [3.05, 3.63) is 0 Å². The fourth-order valence-corrected chi connectivity index (χ4v) is 3.73. The molecule has 3 heteroatoms. The Morgan fingerprint density at radius 3 is 2.19 bits per heavy atom. The van der Waals surface area contributed by atoms with Gasteiger partial charge in [-0.1, -0.05) is 41.5 Å². The normalized spacial score (nSPS) is 36.1. The van der Waals surface area contributed by atoms with E-state index in [0.29, 0.717) is 35.1 Å². The summed E-state index contributed by atoms with van der Waals surface area (Å²) < 4.78 is 6.08. The monoisotopic (exact) mass is 296 g/mol. The fourth-order valence-electron chi connectivity index (χ4n) is 3.73. The molecule has 2 rings (SSSR count). The number of ether oxygens (including phenoxy) is 1. The number of nitrogens with zero attached hydrogens (tertiary/aromatic N) is 1. The minimum absolute atomic E-state index is 0.306. The number of hydrogen-bond acceptors (Lipinski definition) is 3. The summed E-state index contributed by atoms with van der Waals surface area (Å²) in [5.41, 5.74) is 0.616. The molecule has 2 heterocycles. The molecular formula is C18H36N2O. The highest BCUT2D eigenvalue weighted by Crippen LogP contribution is 2.32. The SMILES string of the molecule is CC1CCC(CN2CC(C(C)(C)C)NCC2C(C)(C)C)O1. The molecule has 0 saturated carbocycles. The largest absolute Gasteiger partial charge is 0.374 e. The van der Waals surface area contributed by atoms with E-state index in [-0.39, 0.29) is 0 Å². The smallest absolute Gasteiger partial charge is 0.0706 e. The van der Waals surface area contributed by atoms with Gasteiger partial charge >= 0.3 is 0 Å². The van der Waals surface area contributed by atoms with Crippen LogP contribution in [0, 0.1) is 10.8 Å². The van der Waals surface area contributed by atoms with E-state index in [9.17, 15) is 0 Å². The third-order valence-electron chi connectivity index (χ3n) is 5.22. The van der Waals surface area contributed by atoms with Crippen molar-refractivity contribution in [3.63, 3.8) is 0 Å². The van der Waals surface area contributed by atoms with Crippen LogP contribution in [0.15, 0.2) is 0 Å². The molecule has 124 valence electrons. The van der Waals surface area contributed by atoms with Crippen LogP contribution in [0.25, 0.3) is 0 Å². The molecule has 0 amide bonds. The van der Waals surface area contributed by atoms with E-state index in [0.717, 1.165) is 19.6 Å². The van der Waals surface area contributed by atoms with Gasteiger partial charge in [-0.2, -0.15) is 0 Å². The van der Waals surface area contributed by atoms with Crippen LogP contribution < -0.4 is 5.32 Å². The van der Waals surface area contributed by atoms with Gasteiger partial charge in [0.25, 0.3) is 0 Å². The lowest BCUT2D eigenvalue weighted by Crippen LogP contribution is -2.64. The van der Waals surface area contributed by atoms with Gasteiger partial charge in [-0.05, 0) is 30.6 Å². The maximum atomic E-state index is 6.08. The molecule has 2 aliphatic rings. The van der Waals surface area contributed by atoms with Crippen molar-refractivity contribution in [1.29, 1.82) is 0 Å². The van der Waals surface area contributed by atoms with Gasteiger partial charge in [-0.15, -0.1) is 0 Å². The minimum atomic E-state index is 0.306. The second-order valence-corrected chi connectivity index (χ2v) is 9.31. The number of rotatable bonds is 2. The van der Waals surface area contributed by atoms with E-state index in [1.165, 1.54) is 12.8 Å². The molecule has 0 bridgehead atoms. The highest BCUT2D eigenvalue weighted by Gasteiger charge is 2.40. The Morgan fingerprint density at radius 2 is 1.71 bits per heavy atom. The summed E-state index contributed by atoms with van der Waals surface area (Å²) in [5.74, 6) is 0. The second-order valence-electron chi connectivity index (χ2n) is 9.31. The molecule has 2 saturated heterocycles. The van der Waals surface area contributed by atoms with Crippen molar-refractivity contribution in [1.82, 2.24) is 10.2 Å². The average molecular weight is 296 g/mol. The molecule has 0 spiro atoms. The molecule has 2 aliphatic heterocycles. The lowest BCUT2D eigenvalue weighted by atomic mass is 9.79. The first-order chi connectivity index (χ1) is 9.57. The van der Waals surface area contributed by atoms with Gasteiger partial charge in [-0.3, -0.25) is 4.90 Å². The van der Waals surface area contributed by atoms with Crippen LogP contribution in [0.3, 0.4) is 0 Å². The fraction of sp³-hybridized carbons (Fsp3) is 1.00. The summed E-state index contributed by atoms with van der Waals surface area (Å²) >= 11 is 0. The molecule has 0 aromatic heterocycles. The van der Waals surface area contributed by atoms with Crippen LogP contribution in [-0.4, -0.2) is 48.8 Å². The van der Waals surface area contributed by atoms with Crippen molar-refractivity contribution in [3.8, 4) is 0 Å². The lowest BCUT2D eigenvalue weighted by Gasteiger charge is -2.50. The van der Waals surface area contributed by atoms with Gasteiger partial charge in [0.05, 0.1) is 12.2 Å². The summed E-state index contributed by atoms with van der Waals surface area (Å²) in [6, 6.07) is 1.16. The predicted molar refractivity (Wildman–Crippen MR) is 89.6 cm³/mol. The zero-order valence-electron chi connectivity index (χ0n) is 15.2. The van der Waals surface area contributed by atoms with Crippen LogP contribution >= 0.6 is 0 Å². The Balaban J connectivity index is 2.06. The minimum Gasteiger partial charge on any atom is -0.374 e. The first-order valence-electron chi connectivity index (χ1n) is 8.70. The molecule has 1 N–H and O–H groups in total. The van der Waals surface area contributed by atoms with E-state index < -0.39 is 0 Å². The van der Waals surface area contributed by atoms with E-state index in [1.807, 2.05) is 0 Å². The maximum absolute atomic E-state index is 6.08. The highest BCUT2D eigenvalue weighted by atomic mass is 16.5. The highest BCUT2D eigenvalue weighted by molar-refractivity contribution is 4.97. The summed E-state index contributed by atoms with van der Waals surface area (Å²) in [6.45, 7) is 19.6. The van der Waals surface area contributed by atoms with Gasteiger partial charge in [0.1, 0.15) is 0 Å². The summed E-state index contributed by atoms with van der Waals surface area (Å²) in [7, 11) is 0. The Morgan fingerprint density at radius 1 is 1.05 bits per heavy atom. The first kappa shape index (κ1) is 17.2. The lowest BCUT2D eigenvalue weighted by molar-refractivity contribution is -0.0216. The molecule has 4 atom stereocenters. The zero-order valence-corrected chi connectivity index (χ0v) is 15.2. The molecule has 0 aliphatic carbocycles. The zero-order chi connectivity index (χ0) is 15.8. The van der Waals surface area contributed by atoms with Gasteiger partial charge in [0.2, 0.25) is 0 Å². The van der Waals surface area contributed by atoms with E-state index in [1.54, 1.807) is 0 Å². The van der Waals surface area contributed by atoms with Crippen LogP contribution in [0.1, 0.15) is 61.3 Å². The molecule has 2 fully saturated rings. The Kier molecular flexibility index (Phi) is 5.07. The Labute approximate surface area is 131 Å². The van der Waals surface area contributed by atoms with Crippen molar-refractivity contribution in [2.45, 2.75) is 85.6 Å². The van der Waals surface area contributed by atoms with Crippen LogP contribution in [0.4, 0.5) is 0 Å². The molecule has 21 heavy (non-hydrogen) atoms. The number of hydrogen-bond donors (Lipinski definition) is 1. The van der Waals surface area contributed by atoms with Gasteiger partial charge in [-0.25, -0.2) is 0 Å². The van der Waals surface area contributed by atoms with E-state index in [2.05, 4.69) is 58.7 Å². The quantitative estimate of drug-likeness (QED) is 0.846. The topological polar surface area (TPSA) is 24.5 Å². The standard InChI is InChI=1S/C18H36N2O/c1-13-8-9-14(21-13)11-20-12-15(17(2,3)4)19-10-16(20)18(5,6)7/h13-16,19H,8-12H2,1-7H3. The van der Waals surface area contributed by atoms with Crippen LogP contribution in [-0.2, 0) is 4.74 Å². The molecule has 4 unspecified atom stereocenters. The van der Waals surface area contributed by atoms with E-state index in [4.69, 9.17) is 4.74 Å². The van der Waals surface area contributed by atoms with Crippen molar-refractivity contribution in [2.24, 2.45) is 10.8 Å². The summed E-state index contributed by atoms with van der Waals surface area (Å²) in [5, 5.41) is 3.80. The molecule has 0 aromatic carbocycles. The van der Waals surface area contributed by atoms with Gasteiger partial charge < -0.3 is 10.1 Å². The van der Waals surface area contributed by atoms with E-state index >= 15 is 0 Å². The molecular weight excluding hydrogens is 260 g/mol. The second kappa shape index (κ2) is 6.17.